The second kappa shape index (κ2) is 7.51. The van der Waals surface area contributed by atoms with Crippen molar-refractivity contribution in [1.29, 1.82) is 0 Å². The number of nitrogens with one attached hydrogen (secondary N) is 1. The third-order valence-corrected chi connectivity index (χ3v) is 3.95. The van der Waals surface area contributed by atoms with Gasteiger partial charge in [0.15, 0.2) is 0 Å². The summed E-state index contributed by atoms with van der Waals surface area (Å²) in [5.41, 5.74) is 0. The number of nitrogens with zero attached hydrogens (tertiary/aromatic N) is 1. The molecule has 0 aromatic carbocycles. The van der Waals surface area contributed by atoms with E-state index in [9.17, 15) is 9.59 Å². The molecule has 0 unspecified atom stereocenters. The summed E-state index contributed by atoms with van der Waals surface area (Å²) >= 11 is 0. The molecule has 1 aliphatic carbocycles. The lowest BCUT2D eigenvalue weighted by Crippen LogP contribution is -2.41. The van der Waals surface area contributed by atoms with Crippen LogP contribution >= 0.6 is 0 Å². The molecule has 1 aliphatic rings. The van der Waals surface area contributed by atoms with E-state index < -0.39 is 0 Å². The van der Waals surface area contributed by atoms with E-state index in [1.807, 2.05) is 32.6 Å². The van der Waals surface area contributed by atoms with Gasteiger partial charge in [-0.05, 0) is 53.4 Å². The predicted octanol–water partition coefficient (Wildman–Crippen LogP) is 2.19. The van der Waals surface area contributed by atoms with Crippen LogP contribution in [0.25, 0.3) is 0 Å². The molecule has 0 saturated heterocycles. The molecule has 0 radical (unpaired) electrons. The fourth-order valence-corrected chi connectivity index (χ4v) is 2.80. The number of carbonyl (C=O) groups is 2. The van der Waals surface area contributed by atoms with Crippen LogP contribution in [0.3, 0.4) is 0 Å². The molecule has 19 heavy (non-hydrogen) atoms. The summed E-state index contributed by atoms with van der Waals surface area (Å²) in [6.07, 6.45) is 3.39. The van der Waals surface area contributed by atoms with Gasteiger partial charge in [-0.3, -0.25) is 9.59 Å². The number of hydrogen-bond donors (Lipinski definition) is 1. The molecule has 0 aromatic heterocycles. The van der Waals surface area contributed by atoms with Crippen LogP contribution in [0.2, 0.25) is 0 Å². The second-order valence-electron chi connectivity index (χ2n) is 5.72. The van der Waals surface area contributed by atoms with Crippen LogP contribution < -0.4 is 5.32 Å². The highest BCUT2D eigenvalue weighted by Crippen LogP contribution is 2.30. The van der Waals surface area contributed by atoms with E-state index in [4.69, 9.17) is 0 Å². The van der Waals surface area contributed by atoms with Crippen LogP contribution in [0, 0.1) is 11.8 Å². The van der Waals surface area contributed by atoms with Gasteiger partial charge < -0.3 is 10.2 Å². The van der Waals surface area contributed by atoms with E-state index in [0.29, 0.717) is 0 Å². The number of amides is 2. The quantitative estimate of drug-likeness (QED) is 0.831. The van der Waals surface area contributed by atoms with Gasteiger partial charge in [0.05, 0.1) is 0 Å². The first-order valence-electron chi connectivity index (χ1n) is 7.58. The molecule has 110 valence electrons. The molecule has 1 N–H and O–H groups in total. The maximum Gasteiger partial charge on any atom is 0.225 e. The molecule has 4 heteroatoms. The number of rotatable bonds is 5. The van der Waals surface area contributed by atoms with Crippen molar-refractivity contribution in [1.82, 2.24) is 10.2 Å². The van der Waals surface area contributed by atoms with Gasteiger partial charge in [-0.15, -0.1) is 0 Å². The lowest BCUT2D eigenvalue weighted by atomic mass is 9.81. The Morgan fingerprint density at radius 2 is 1.53 bits per heavy atom. The number of carbonyl (C=O) groups excluding carboxylic acids is 2. The summed E-state index contributed by atoms with van der Waals surface area (Å²) in [5.74, 6) is 0.655. The first-order chi connectivity index (χ1) is 8.99. The largest absolute Gasteiger partial charge is 0.354 e. The van der Waals surface area contributed by atoms with Crippen molar-refractivity contribution < 1.29 is 9.59 Å². The third kappa shape index (κ3) is 4.51. The van der Waals surface area contributed by atoms with E-state index in [0.717, 1.165) is 38.8 Å². The monoisotopic (exact) mass is 268 g/mol. The summed E-state index contributed by atoms with van der Waals surface area (Å²) < 4.78 is 0. The minimum absolute atomic E-state index is 0.100. The van der Waals surface area contributed by atoms with Crippen LogP contribution in [-0.2, 0) is 9.59 Å². The fraction of sp³-hybridized carbons (Fsp3) is 0.867. The minimum atomic E-state index is 0.100. The van der Waals surface area contributed by atoms with Gasteiger partial charge in [0.25, 0.3) is 0 Å². The van der Waals surface area contributed by atoms with Crippen LogP contribution in [0.4, 0.5) is 0 Å². The van der Waals surface area contributed by atoms with E-state index in [1.165, 1.54) is 0 Å². The Bertz CT molecular complexity index is 303. The van der Waals surface area contributed by atoms with Crippen LogP contribution in [0.1, 0.15) is 53.4 Å². The van der Waals surface area contributed by atoms with Gasteiger partial charge in [0, 0.05) is 31.0 Å². The Labute approximate surface area is 116 Å². The average Bonchev–Trinajstić information content (AvgIpc) is 2.39. The number of hydrogen-bond acceptors (Lipinski definition) is 2. The summed E-state index contributed by atoms with van der Waals surface area (Å²) in [6.45, 7) is 9.55. The van der Waals surface area contributed by atoms with Gasteiger partial charge >= 0.3 is 0 Å². The molecule has 0 heterocycles. The van der Waals surface area contributed by atoms with Crippen molar-refractivity contribution in [2.24, 2.45) is 11.8 Å². The molecule has 1 rings (SSSR count). The van der Waals surface area contributed by atoms with Gasteiger partial charge in [-0.25, -0.2) is 0 Å². The molecule has 0 bridgehead atoms. The van der Waals surface area contributed by atoms with Crippen molar-refractivity contribution in [3.8, 4) is 0 Å². The average molecular weight is 268 g/mol. The molecular formula is C15H28N2O2. The molecule has 4 nitrogen and oxygen atoms in total. The normalized spacial score (nSPS) is 23.2. The standard InChI is InChI=1S/C15H28N2O2/c1-5-17(6-2)15(19)13-9-7-12(8-10-13)14(18)16-11(3)4/h11-13H,5-10H2,1-4H3,(H,16,18). The highest BCUT2D eigenvalue weighted by atomic mass is 16.2. The van der Waals surface area contributed by atoms with Crippen molar-refractivity contribution >= 4 is 11.8 Å². The molecule has 0 aromatic rings. The molecule has 2 amide bonds. The third-order valence-electron chi connectivity index (χ3n) is 3.95. The highest BCUT2D eigenvalue weighted by molar-refractivity contribution is 5.81. The van der Waals surface area contributed by atoms with Gasteiger partial charge in [-0.2, -0.15) is 0 Å². The van der Waals surface area contributed by atoms with Crippen LogP contribution in [0.15, 0.2) is 0 Å². The van der Waals surface area contributed by atoms with Gasteiger partial charge in [0.1, 0.15) is 0 Å². The van der Waals surface area contributed by atoms with Gasteiger partial charge in [-0.1, -0.05) is 0 Å². The predicted molar refractivity (Wildman–Crippen MR) is 76.7 cm³/mol. The molecular weight excluding hydrogens is 240 g/mol. The molecule has 0 aliphatic heterocycles. The highest BCUT2D eigenvalue weighted by Gasteiger charge is 2.31. The Morgan fingerprint density at radius 3 is 1.95 bits per heavy atom. The minimum Gasteiger partial charge on any atom is -0.354 e. The van der Waals surface area contributed by atoms with Crippen molar-refractivity contribution in [2.75, 3.05) is 13.1 Å². The summed E-state index contributed by atoms with van der Waals surface area (Å²) in [6, 6.07) is 0.197. The summed E-state index contributed by atoms with van der Waals surface area (Å²) in [7, 11) is 0. The Balaban J connectivity index is 2.44. The van der Waals surface area contributed by atoms with E-state index in [1.54, 1.807) is 0 Å². The molecule has 1 fully saturated rings. The van der Waals surface area contributed by atoms with Crippen molar-refractivity contribution in [3.05, 3.63) is 0 Å². The Kier molecular flexibility index (Phi) is 6.32. The molecule has 1 saturated carbocycles. The molecule has 0 spiro atoms. The zero-order valence-electron chi connectivity index (χ0n) is 12.7. The van der Waals surface area contributed by atoms with Gasteiger partial charge in [0.2, 0.25) is 11.8 Å². The molecule has 0 atom stereocenters. The van der Waals surface area contributed by atoms with E-state index >= 15 is 0 Å². The fourth-order valence-electron chi connectivity index (χ4n) is 2.80. The van der Waals surface area contributed by atoms with Crippen molar-refractivity contribution in [3.63, 3.8) is 0 Å². The zero-order chi connectivity index (χ0) is 14.4. The maximum atomic E-state index is 12.2. The van der Waals surface area contributed by atoms with Crippen molar-refractivity contribution in [2.45, 2.75) is 59.4 Å². The first kappa shape index (κ1) is 16.0. The Hall–Kier alpha value is -1.06. The Morgan fingerprint density at radius 1 is 1.05 bits per heavy atom. The topological polar surface area (TPSA) is 49.4 Å². The van der Waals surface area contributed by atoms with Crippen LogP contribution in [0.5, 0.6) is 0 Å². The summed E-state index contributed by atoms with van der Waals surface area (Å²) in [5, 5.41) is 2.97. The lowest BCUT2D eigenvalue weighted by Gasteiger charge is -2.31. The first-order valence-corrected chi connectivity index (χ1v) is 7.58. The van der Waals surface area contributed by atoms with E-state index in [-0.39, 0.29) is 29.7 Å². The zero-order valence-corrected chi connectivity index (χ0v) is 12.7. The second-order valence-corrected chi connectivity index (χ2v) is 5.72. The summed E-state index contributed by atoms with van der Waals surface area (Å²) in [4.78, 5) is 26.1. The van der Waals surface area contributed by atoms with E-state index in [2.05, 4.69) is 5.32 Å². The van der Waals surface area contributed by atoms with Crippen LogP contribution in [-0.4, -0.2) is 35.8 Å². The lowest BCUT2D eigenvalue weighted by molar-refractivity contribution is -0.138. The SMILES string of the molecule is CCN(CC)C(=O)C1CCC(C(=O)NC(C)C)CC1. The smallest absolute Gasteiger partial charge is 0.225 e. The maximum absolute atomic E-state index is 12.2.